The number of carbonyl (C=O) groups excluding carboxylic acids is 1. The van der Waals surface area contributed by atoms with Crippen LogP contribution in [0.3, 0.4) is 0 Å². The molecular formula is C20H26N2O2S. The Balaban J connectivity index is 2.00. The minimum absolute atomic E-state index is 0.0218. The van der Waals surface area contributed by atoms with Gasteiger partial charge in [0.25, 0.3) is 0 Å². The Morgan fingerprint density at radius 1 is 1.08 bits per heavy atom. The molecule has 0 N–H and O–H groups in total. The molecule has 0 unspecified atom stereocenters. The summed E-state index contributed by atoms with van der Waals surface area (Å²) in [4.78, 5) is 18.7. The molecule has 0 aliphatic rings. The van der Waals surface area contributed by atoms with E-state index in [0.29, 0.717) is 19.7 Å². The number of benzene rings is 1. The average molecular weight is 359 g/mol. The van der Waals surface area contributed by atoms with Gasteiger partial charge in [-0.1, -0.05) is 30.3 Å². The minimum atomic E-state index is 0.0218. The third kappa shape index (κ3) is 6.46. The van der Waals surface area contributed by atoms with Crippen LogP contribution in [0.4, 0.5) is 0 Å². The lowest BCUT2D eigenvalue weighted by Gasteiger charge is -2.22. The smallest absolute Gasteiger partial charge is 0.246 e. The van der Waals surface area contributed by atoms with Gasteiger partial charge in [-0.2, -0.15) is 0 Å². The van der Waals surface area contributed by atoms with Crippen LogP contribution in [0, 0.1) is 0 Å². The Morgan fingerprint density at radius 2 is 1.84 bits per heavy atom. The van der Waals surface area contributed by atoms with E-state index < -0.39 is 0 Å². The van der Waals surface area contributed by atoms with Crippen LogP contribution >= 0.6 is 11.3 Å². The molecule has 0 radical (unpaired) electrons. The molecule has 0 saturated heterocycles. The van der Waals surface area contributed by atoms with Crippen molar-refractivity contribution in [1.29, 1.82) is 0 Å². The van der Waals surface area contributed by atoms with Crippen LogP contribution in [0.5, 0.6) is 0 Å². The molecule has 2 aromatic rings. The second kappa shape index (κ2) is 10.1. The summed E-state index contributed by atoms with van der Waals surface area (Å²) in [6, 6.07) is 14.4. The van der Waals surface area contributed by atoms with Crippen molar-refractivity contribution < 1.29 is 9.53 Å². The predicted octanol–water partition coefficient (Wildman–Crippen LogP) is 3.46. The molecular weight excluding hydrogens is 332 g/mol. The maximum Gasteiger partial charge on any atom is 0.246 e. The molecule has 1 aromatic carbocycles. The van der Waals surface area contributed by atoms with Crippen molar-refractivity contribution in [2.45, 2.75) is 0 Å². The van der Waals surface area contributed by atoms with E-state index in [1.807, 2.05) is 43.3 Å². The summed E-state index contributed by atoms with van der Waals surface area (Å²) in [5.74, 6) is 0.0218. The summed E-state index contributed by atoms with van der Waals surface area (Å²) >= 11 is 1.69. The average Bonchev–Trinajstić information content (AvgIpc) is 3.09. The van der Waals surface area contributed by atoms with Crippen molar-refractivity contribution in [3.05, 3.63) is 53.4 Å². The molecule has 0 bridgehead atoms. The van der Waals surface area contributed by atoms with E-state index in [0.717, 1.165) is 11.4 Å². The molecule has 0 atom stereocenters. The van der Waals surface area contributed by atoms with E-state index in [2.05, 4.69) is 29.2 Å². The van der Waals surface area contributed by atoms with Crippen molar-refractivity contribution in [1.82, 2.24) is 9.80 Å². The number of nitrogens with zero attached hydrogens (tertiary/aromatic N) is 2. The summed E-state index contributed by atoms with van der Waals surface area (Å²) in [6.07, 6.45) is 3.56. The highest BCUT2D eigenvalue weighted by Crippen LogP contribution is 2.28. The molecule has 25 heavy (non-hydrogen) atoms. The quantitative estimate of drug-likeness (QED) is 0.644. The third-order valence-corrected chi connectivity index (χ3v) is 4.87. The van der Waals surface area contributed by atoms with Crippen LogP contribution in [0.2, 0.25) is 0 Å². The van der Waals surface area contributed by atoms with Crippen LogP contribution in [0.1, 0.15) is 4.88 Å². The summed E-state index contributed by atoms with van der Waals surface area (Å²) in [5, 5.41) is 0. The first-order chi connectivity index (χ1) is 12.1. The zero-order valence-electron chi connectivity index (χ0n) is 15.1. The van der Waals surface area contributed by atoms with Crippen molar-refractivity contribution in [2.24, 2.45) is 0 Å². The molecule has 0 spiro atoms. The first-order valence-corrected chi connectivity index (χ1v) is 9.17. The molecule has 1 aromatic heterocycles. The van der Waals surface area contributed by atoms with E-state index in [4.69, 9.17) is 4.74 Å². The molecule has 1 heterocycles. The standard InChI is InChI=1S/C20H26N2O2S/c1-21(2)13-14-22(15-16-24-3)20(23)12-10-18-9-11-19(25-18)17-7-5-4-6-8-17/h4-12H,13-16H2,1-3H3/b12-10+. The van der Waals surface area contributed by atoms with Crippen LogP contribution in [0.15, 0.2) is 48.5 Å². The lowest BCUT2D eigenvalue weighted by atomic mass is 10.2. The Kier molecular flexibility index (Phi) is 7.85. The van der Waals surface area contributed by atoms with Crippen molar-refractivity contribution in [3.8, 4) is 10.4 Å². The number of ether oxygens (including phenoxy) is 1. The Bertz CT molecular complexity index is 680. The van der Waals surface area contributed by atoms with Gasteiger partial charge in [0.05, 0.1) is 6.61 Å². The highest BCUT2D eigenvalue weighted by molar-refractivity contribution is 7.16. The molecule has 0 saturated carbocycles. The zero-order chi connectivity index (χ0) is 18.1. The number of rotatable bonds is 9. The molecule has 0 fully saturated rings. The SMILES string of the molecule is COCCN(CCN(C)C)C(=O)/C=C/c1ccc(-c2ccccc2)s1. The maximum atomic E-state index is 12.5. The van der Waals surface area contributed by atoms with E-state index in [1.165, 1.54) is 10.4 Å². The van der Waals surface area contributed by atoms with Gasteiger partial charge in [-0.05, 0) is 37.9 Å². The molecule has 4 nitrogen and oxygen atoms in total. The first kappa shape index (κ1) is 19.4. The highest BCUT2D eigenvalue weighted by Gasteiger charge is 2.10. The van der Waals surface area contributed by atoms with Gasteiger partial charge in [-0.3, -0.25) is 4.79 Å². The van der Waals surface area contributed by atoms with Gasteiger partial charge >= 0.3 is 0 Å². The Morgan fingerprint density at radius 3 is 2.52 bits per heavy atom. The van der Waals surface area contributed by atoms with Crippen LogP contribution < -0.4 is 0 Å². The molecule has 0 aliphatic heterocycles. The van der Waals surface area contributed by atoms with Gasteiger partial charge in [0, 0.05) is 42.6 Å². The molecule has 134 valence electrons. The van der Waals surface area contributed by atoms with Gasteiger partial charge < -0.3 is 14.5 Å². The van der Waals surface area contributed by atoms with Crippen LogP contribution in [0.25, 0.3) is 16.5 Å². The normalized spacial score (nSPS) is 11.4. The molecule has 2 rings (SSSR count). The number of hydrogen-bond donors (Lipinski definition) is 0. The molecule has 0 aliphatic carbocycles. The highest BCUT2D eigenvalue weighted by atomic mass is 32.1. The van der Waals surface area contributed by atoms with Crippen LogP contribution in [-0.2, 0) is 9.53 Å². The van der Waals surface area contributed by atoms with Gasteiger partial charge in [0.1, 0.15) is 0 Å². The third-order valence-electron chi connectivity index (χ3n) is 3.77. The number of thiophene rings is 1. The van der Waals surface area contributed by atoms with Crippen molar-refractivity contribution in [3.63, 3.8) is 0 Å². The number of hydrogen-bond acceptors (Lipinski definition) is 4. The van der Waals surface area contributed by atoms with Gasteiger partial charge in [-0.15, -0.1) is 11.3 Å². The fraction of sp³-hybridized carbons (Fsp3) is 0.350. The topological polar surface area (TPSA) is 32.8 Å². The van der Waals surface area contributed by atoms with E-state index in [9.17, 15) is 4.79 Å². The Hall–Kier alpha value is -1.95. The second-order valence-electron chi connectivity index (χ2n) is 6.02. The number of amides is 1. The van der Waals surface area contributed by atoms with Gasteiger partial charge in [-0.25, -0.2) is 0 Å². The van der Waals surface area contributed by atoms with E-state index >= 15 is 0 Å². The summed E-state index contributed by atoms with van der Waals surface area (Å²) in [5.41, 5.74) is 1.20. The largest absolute Gasteiger partial charge is 0.383 e. The van der Waals surface area contributed by atoms with Crippen molar-refractivity contribution >= 4 is 23.3 Å². The number of likely N-dealkylation sites (N-methyl/N-ethyl adjacent to an activating group) is 1. The Labute approximate surface area is 154 Å². The van der Waals surface area contributed by atoms with Gasteiger partial charge in [0.2, 0.25) is 5.91 Å². The van der Waals surface area contributed by atoms with Crippen LogP contribution in [-0.4, -0.2) is 63.2 Å². The fourth-order valence-electron chi connectivity index (χ4n) is 2.31. The summed E-state index contributed by atoms with van der Waals surface area (Å²) in [6.45, 7) is 2.68. The monoisotopic (exact) mass is 358 g/mol. The number of carbonyl (C=O) groups is 1. The lowest BCUT2D eigenvalue weighted by Crippen LogP contribution is -2.37. The van der Waals surface area contributed by atoms with E-state index in [1.54, 1.807) is 24.5 Å². The summed E-state index contributed by atoms with van der Waals surface area (Å²) < 4.78 is 5.11. The fourth-order valence-corrected chi connectivity index (χ4v) is 3.23. The second-order valence-corrected chi connectivity index (χ2v) is 7.14. The number of methoxy groups -OCH3 is 1. The van der Waals surface area contributed by atoms with Crippen molar-refractivity contribution in [2.75, 3.05) is 47.4 Å². The predicted molar refractivity (Wildman–Crippen MR) is 106 cm³/mol. The molecule has 1 amide bonds. The van der Waals surface area contributed by atoms with Gasteiger partial charge in [0.15, 0.2) is 0 Å². The molecule has 5 heteroatoms. The summed E-state index contributed by atoms with van der Waals surface area (Å²) in [7, 11) is 5.67. The zero-order valence-corrected chi connectivity index (χ0v) is 16.0. The maximum absolute atomic E-state index is 12.5. The minimum Gasteiger partial charge on any atom is -0.383 e. The lowest BCUT2D eigenvalue weighted by molar-refractivity contribution is -0.126. The van der Waals surface area contributed by atoms with E-state index in [-0.39, 0.29) is 5.91 Å². The first-order valence-electron chi connectivity index (χ1n) is 8.36.